The molecular weight excluding hydrogens is 274 g/mol. The third kappa shape index (κ3) is 2.62. The van der Waals surface area contributed by atoms with Gasteiger partial charge in [-0.1, -0.05) is 6.07 Å². The van der Waals surface area contributed by atoms with Crippen molar-refractivity contribution in [1.29, 1.82) is 0 Å². The minimum absolute atomic E-state index is 0.00121. The lowest BCUT2D eigenvalue weighted by molar-refractivity contribution is 0.128. The minimum Gasteiger partial charge on any atom is -0.497 e. The first kappa shape index (κ1) is 14.0. The van der Waals surface area contributed by atoms with Crippen molar-refractivity contribution in [2.45, 2.75) is 36.7 Å². The van der Waals surface area contributed by atoms with E-state index in [0.717, 1.165) is 37.2 Å². The molecule has 0 saturated carbocycles. The molecule has 1 aromatic rings. The van der Waals surface area contributed by atoms with Crippen molar-refractivity contribution in [1.82, 2.24) is 0 Å². The van der Waals surface area contributed by atoms with Crippen molar-refractivity contribution in [2.75, 3.05) is 19.5 Å². The second-order valence-electron chi connectivity index (χ2n) is 5.52. The molecule has 4 nitrogen and oxygen atoms in total. The lowest BCUT2D eigenvalue weighted by Gasteiger charge is -2.18. The van der Waals surface area contributed by atoms with E-state index >= 15 is 0 Å². The van der Waals surface area contributed by atoms with Crippen LogP contribution in [0.2, 0.25) is 0 Å². The summed E-state index contributed by atoms with van der Waals surface area (Å²) in [6, 6.07) is 5.79. The van der Waals surface area contributed by atoms with E-state index in [9.17, 15) is 4.21 Å². The Morgan fingerprint density at radius 3 is 3.05 bits per heavy atom. The van der Waals surface area contributed by atoms with Gasteiger partial charge in [0.1, 0.15) is 5.75 Å². The van der Waals surface area contributed by atoms with Crippen molar-refractivity contribution < 1.29 is 13.7 Å². The van der Waals surface area contributed by atoms with Gasteiger partial charge in [0.05, 0.1) is 24.2 Å². The third-order valence-corrected chi connectivity index (χ3v) is 6.08. The number of fused-ring (bicyclic) bond motifs is 1. The predicted octanol–water partition coefficient (Wildman–Crippen LogP) is 1.55. The first-order valence-corrected chi connectivity index (χ1v) is 8.48. The molecule has 1 fully saturated rings. The largest absolute Gasteiger partial charge is 0.497 e. The molecule has 5 heteroatoms. The Balaban J connectivity index is 1.72. The molecule has 3 rings (SSSR count). The zero-order valence-electron chi connectivity index (χ0n) is 11.7. The fraction of sp³-hybridized carbons (Fsp3) is 0.600. The Labute approximate surface area is 122 Å². The van der Waals surface area contributed by atoms with E-state index in [1.54, 1.807) is 7.11 Å². The first-order valence-electron chi connectivity index (χ1n) is 7.10. The molecule has 1 aromatic carbocycles. The monoisotopic (exact) mass is 295 g/mol. The molecule has 0 amide bonds. The molecule has 4 unspecified atom stereocenters. The predicted molar refractivity (Wildman–Crippen MR) is 79.4 cm³/mol. The number of methoxy groups -OCH3 is 1. The van der Waals surface area contributed by atoms with E-state index in [2.05, 4.69) is 0 Å². The summed E-state index contributed by atoms with van der Waals surface area (Å²) in [4.78, 5) is 0. The number of hydrogen-bond donors (Lipinski definition) is 1. The van der Waals surface area contributed by atoms with Gasteiger partial charge in [-0.2, -0.15) is 0 Å². The van der Waals surface area contributed by atoms with Gasteiger partial charge in [-0.25, -0.2) is 0 Å². The van der Waals surface area contributed by atoms with Gasteiger partial charge in [-0.15, -0.1) is 0 Å². The molecule has 0 aromatic heterocycles. The van der Waals surface area contributed by atoms with Crippen LogP contribution in [0.15, 0.2) is 18.2 Å². The van der Waals surface area contributed by atoms with E-state index < -0.39 is 10.8 Å². The molecule has 1 aliphatic heterocycles. The van der Waals surface area contributed by atoms with Crippen LogP contribution in [0.3, 0.4) is 0 Å². The number of hydrogen-bond acceptors (Lipinski definition) is 4. The number of rotatable bonds is 4. The molecule has 4 atom stereocenters. The van der Waals surface area contributed by atoms with Gasteiger partial charge in [0.25, 0.3) is 0 Å². The Morgan fingerprint density at radius 1 is 1.50 bits per heavy atom. The molecule has 1 saturated heterocycles. The molecule has 110 valence electrons. The second-order valence-corrected chi connectivity index (χ2v) is 7.22. The van der Waals surface area contributed by atoms with Gasteiger partial charge in [-0.3, -0.25) is 4.21 Å². The van der Waals surface area contributed by atoms with Crippen LogP contribution in [0.1, 0.15) is 30.0 Å². The SMILES string of the molecule is COc1ccc2c(c1)C(N)C(S(=O)CC1CCCO1)C2. The Hall–Kier alpha value is -0.910. The highest BCUT2D eigenvalue weighted by atomic mass is 32.2. The fourth-order valence-corrected chi connectivity index (χ4v) is 4.79. The standard InChI is InChI=1S/C15H21NO3S/c1-18-11-5-4-10-7-14(15(16)13(10)8-11)20(17)9-12-3-2-6-19-12/h4-5,8,12,14-15H,2-3,6-7,9,16H2,1H3. The molecule has 2 aliphatic rings. The molecule has 0 radical (unpaired) electrons. The van der Waals surface area contributed by atoms with Crippen LogP contribution in [0, 0.1) is 0 Å². The number of benzene rings is 1. The van der Waals surface area contributed by atoms with Gasteiger partial charge in [0.15, 0.2) is 0 Å². The summed E-state index contributed by atoms with van der Waals surface area (Å²) in [6.07, 6.45) is 3.05. The van der Waals surface area contributed by atoms with Gasteiger partial charge < -0.3 is 15.2 Å². The molecule has 0 spiro atoms. The quantitative estimate of drug-likeness (QED) is 0.915. The van der Waals surface area contributed by atoms with Gasteiger partial charge in [-0.05, 0) is 42.5 Å². The normalized spacial score (nSPS) is 30.2. The molecular formula is C15H21NO3S. The second kappa shape index (κ2) is 5.84. The topological polar surface area (TPSA) is 61.5 Å². The van der Waals surface area contributed by atoms with Crippen molar-refractivity contribution in [3.8, 4) is 5.75 Å². The van der Waals surface area contributed by atoms with Crippen molar-refractivity contribution >= 4 is 10.8 Å². The molecule has 1 aliphatic carbocycles. The molecule has 1 heterocycles. The van der Waals surface area contributed by atoms with Crippen molar-refractivity contribution in [3.63, 3.8) is 0 Å². The van der Waals surface area contributed by atoms with Crippen molar-refractivity contribution in [2.24, 2.45) is 5.73 Å². The molecule has 20 heavy (non-hydrogen) atoms. The van der Waals surface area contributed by atoms with E-state index in [0.29, 0.717) is 5.75 Å². The summed E-state index contributed by atoms with van der Waals surface area (Å²) in [5.74, 6) is 1.42. The highest BCUT2D eigenvalue weighted by molar-refractivity contribution is 7.85. The minimum atomic E-state index is -0.941. The Morgan fingerprint density at radius 2 is 2.35 bits per heavy atom. The van der Waals surface area contributed by atoms with E-state index in [4.69, 9.17) is 15.2 Å². The smallest absolute Gasteiger partial charge is 0.119 e. The average molecular weight is 295 g/mol. The third-order valence-electron chi connectivity index (χ3n) is 4.25. The lowest BCUT2D eigenvalue weighted by atomic mass is 10.1. The first-order chi connectivity index (χ1) is 9.69. The Bertz CT molecular complexity index is 514. The Kier molecular flexibility index (Phi) is 4.10. The fourth-order valence-electron chi connectivity index (χ4n) is 3.08. The summed E-state index contributed by atoms with van der Waals surface area (Å²) in [5, 5.41) is 0.00121. The molecule has 2 N–H and O–H groups in total. The average Bonchev–Trinajstić information content (AvgIpc) is 3.07. The summed E-state index contributed by atoms with van der Waals surface area (Å²) in [5.41, 5.74) is 8.58. The van der Waals surface area contributed by atoms with Gasteiger partial charge >= 0.3 is 0 Å². The van der Waals surface area contributed by atoms with Crippen LogP contribution in [0.4, 0.5) is 0 Å². The summed E-state index contributed by atoms with van der Waals surface area (Å²) in [6.45, 7) is 0.802. The van der Waals surface area contributed by atoms with Crippen LogP contribution in [-0.4, -0.2) is 35.0 Å². The zero-order chi connectivity index (χ0) is 14.1. The highest BCUT2D eigenvalue weighted by Crippen LogP contribution is 2.35. The van der Waals surface area contributed by atoms with Gasteiger partial charge in [0, 0.05) is 23.4 Å². The van der Waals surface area contributed by atoms with Crippen LogP contribution in [-0.2, 0) is 22.0 Å². The molecule has 0 bridgehead atoms. The van der Waals surface area contributed by atoms with E-state index in [-0.39, 0.29) is 17.4 Å². The van der Waals surface area contributed by atoms with E-state index in [1.165, 1.54) is 5.56 Å². The number of ether oxygens (including phenoxy) is 2. The van der Waals surface area contributed by atoms with Crippen LogP contribution in [0.25, 0.3) is 0 Å². The maximum Gasteiger partial charge on any atom is 0.119 e. The van der Waals surface area contributed by atoms with Crippen LogP contribution < -0.4 is 10.5 Å². The van der Waals surface area contributed by atoms with Crippen LogP contribution in [0.5, 0.6) is 5.75 Å². The van der Waals surface area contributed by atoms with Crippen LogP contribution >= 0.6 is 0 Å². The number of nitrogens with two attached hydrogens (primary N) is 1. The zero-order valence-corrected chi connectivity index (χ0v) is 12.5. The maximum atomic E-state index is 12.6. The van der Waals surface area contributed by atoms with Crippen molar-refractivity contribution in [3.05, 3.63) is 29.3 Å². The summed E-state index contributed by atoms with van der Waals surface area (Å²) in [7, 11) is 0.707. The maximum absolute atomic E-state index is 12.6. The summed E-state index contributed by atoms with van der Waals surface area (Å²) >= 11 is 0. The van der Waals surface area contributed by atoms with E-state index in [1.807, 2.05) is 18.2 Å². The van der Waals surface area contributed by atoms with Gasteiger partial charge in [0.2, 0.25) is 0 Å². The lowest BCUT2D eigenvalue weighted by Crippen LogP contribution is -2.31. The summed E-state index contributed by atoms with van der Waals surface area (Å²) < 4.78 is 23.4. The highest BCUT2D eigenvalue weighted by Gasteiger charge is 2.35.